The molecule has 5 nitrogen and oxygen atoms in total. The molecule has 0 radical (unpaired) electrons. The molecule has 0 heterocycles. The van der Waals surface area contributed by atoms with Crippen LogP contribution in [0.2, 0.25) is 0 Å². The van der Waals surface area contributed by atoms with E-state index in [1.54, 1.807) is 6.92 Å². The average molecular weight is 264 g/mol. The summed E-state index contributed by atoms with van der Waals surface area (Å²) in [6, 6.07) is 0. The Morgan fingerprint density at radius 2 is 2.00 bits per heavy atom. The van der Waals surface area contributed by atoms with Gasteiger partial charge >= 0.3 is 5.97 Å². The standard InChI is InChI=1S/C11H20O5S/c1-3-9-5-8(7-17(13,14)15)6-10(9)11(12)16-4-2/h8-10H,3-7H2,1-2H3,(H,13,14,15). The molecule has 1 rings (SSSR count). The highest BCUT2D eigenvalue weighted by molar-refractivity contribution is 7.85. The van der Waals surface area contributed by atoms with Crippen LogP contribution in [0.5, 0.6) is 0 Å². The monoisotopic (exact) mass is 264 g/mol. The van der Waals surface area contributed by atoms with E-state index >= 15 is 0 Å². The zero-order valence-corrected chi connectivity index (χ0v) is 11.1. The Morgan fingerprint density at radius 3 is 2.47 bits per heavy atom. The van der Waals surface area contributed by atoms with E-state index < -0.39 is 10.1 Å². The van der Waals surface area contributed by atoms with Crippen LogP contribution in [-0.2, 0) is 19.6 Å². The molecule has 1 fully saturated rings. The molecule has 3 atom stereocenters. The van der Waals surface area contributed by atoms with Gasteiger partial charge < -0.3 is 4.74 Å². The van der Waals surface area contributed by atoms with Gasteiger partial charge in [-0.15, -0.1) is 0 Å². The van der Waals surface area contributed by atoms with Crippen LogP contribution in [-0.4, -0.2) is 31.3 Å². The van der Waals surface area contributed by atoms with Crippen molar-refractivity contribution >= 4 is 16.1 Å². The second-order valence-corrected chi connectivity index (χ2v) is 6.11. The Kier molecular flexibility index (Phi) is 4.94. The quantitative estimate of drug-likeness (QED) is 0.601. The van der Waals surface area contributed by atoms with Crippen molar-refractivity contribution in [3.63, 3.8) is 0 Å². The van der Waals surface area contributed by atoms with E-state index in [0.29, 0.717) is 19.4 Å². The van der Waals surface area contributed by atoms with Crippen molar-refractivity contribution in [2.45, 2.75) is 33.1 Å². The first-order valence-corrected chi connectivity index (χ1v) is 7.60. The number of carbonyl (C=O) groups excluding carboxylic acids is 1. The molecule has 0 saturated heterocycles. The number of carbonyl (C=O) groups is 1. The average Bonchev–Trinajstić information content (AvgIpc) is 2.58. The fourth-order valence-electron chi connectivity index (χ4n) is 2.66. The molecule has 0 spiro atoms. The summed E-state index contributed by atoms with van der Waals surface area (Å²) in [5.74, 6) is -0.673. The van der Waals surface area contributed by atoms with Crippen LogP contribution < -0.4 is 0 Å². The molecule has 0 bridgehead atoms. The highest BCUT2D eigenvalue weighted by Crippen LogP contribution is 2.39. The summed E-state index contributed by atoms with van der Waals surface area (Å²) in [6.07, 6.45) is 1.99. The Morgan fingerprint density at radius 1 is 1.35 bits per heavy atom. The highest BCUT2D eigenvalue weighted by Gasteiger charge is 2.39. The normalized spacial score (nSPS) is 29.2. The van der Waals surface area contributed by atoms with Gasteiger partial charge in [-0.1, -0.05) is 13.3 Å². The van der Waals surface area contributed by atoms with E-state index in [0.717, 1.165) is 6.42 Å². The molecule has 0 aromatic rings. The summed E-state index contributed by atoms with van der Waals surface area (Å²) in [5, 5.41) is 0. The predicted octanol–water partition coefficient (Wildman–Crippen LogP) is 1.49. The summed E-state index contributed by atoms with van der Waals surface area (Å²) in [7, 11) is -3.95. The van der Waals surface area contributed by atoms with Crippen LogP contribution in [0.15, 0.2) is 0 Å². The molecule has 1 N–H and O–H groups in total. The lowest BCUT2D eigenvalue weighted by atomic mass is 9.94. The topological polar surface area (TPSA) is 80.7 Å². The van der Waals surface area contributed by atoms with Crippen molar-refractivity contribution in [2.75, 3.05) is 12.4 Å². The van der Waals surface area contributed by atoms with Crippen LogP contribution in [0, 0.1) is 17.8 Å². The van der Waals surface area contributed by atoms with Gasteiger partial charge in [0, 0.05) is 0 Å². The minimum atomic E-state index is -3.95. The molecule has 1 aliphatic carbocycles. The molecule has 1 saturated carbocycles. The van der Waals surface area contributed by atoms with Crippen molar-refractivity contribution in [1.82, 2.24) is 0 Å². The Labute approximate surface area is 102 Å². The SMILES string of the molecule is CCOC(=O)C1CC(CS(=O)(=O)O)CC1CC. The fourth-order valence-corrected chi connectivity index (χ4v) is 3.53. The third kappa shape index (κ3) is 4.27. The zero-order valence-electron chi connectivity index (χ0n) is 10.3. The molecular weight excluding hydrogens is 244 g/mol. The maximum atomic E-state index is 11.7. The lowest BCUT2D eigenvalue weighted by Crippen LogP contribution is -2.21. The van der Waals surface area contributed by atoms with Crippen molar-refractivity contribution < 1.29 is 22.5 Å². The van der Waals surface area contributed by atoms with Crippen molar-refractivity contribution in [3.8, 4) is 0 Å². The third-order valence-electron chi connectivity index (χ3n) is 3.35. The molecule has 0 aromatic heterocycles. The molecule has 17 heavy (non-hydrogen) atoms. The van der Waals surface area contributed by atoms with Gasteiger partial charge in [-0.25, -0.2) is 0 Å². The van der Waals surface area contributed by atoms with Gasteiger partial charge in [0.15, 0.2) is 0 Å². The lowest BCUT2D eigenvalue weighted by molar-refractivity contribution is -0.149. The van der Waals surface area contributed by atoms with Crippen LogP contribution in [0.25, 0.3) is 0 Å². The molecule has 0 amide bonds. The minimum absolute atomic E-state index is 0.135. The van der Waals surface area contributed by atoms with Gasteiger partial charge in [0.2, 0.25) is 0 Å². The van der Waals surface area contributed by atoms with E-state index in [-0.39, 0.29) is 29.5 Å². The molecule has 6 heteroatoms. The minimum Gasteiger partial charge on any atom is -0.466 e. The van der Waals surface area contributed by atoms with Gasteiger partial charge in [-0.05, 0) is 31.6 Å². The maximum Gasteiger partial charge on any atom is 0.309 e. The number of esters is 1. The van der Waals surface area contributed by atoms with E-state index in [1.165, 1.54) is 0 Å². The van der Waals surface area contributed by atoms with Crippen LogP contribution >= 0.6 is 0 Å². The zero-order chi connectivity index (χ0) is 13.1. The van der Waals surface area contributed by atoms with E-state index in [2.05, 4.69) is 0 Å². The second kappa shape index (κ2) is 5.82. The summed E-state index contributed by atoms with van der Waals surface area (Å²) in [4.78, 5) is 11.7. The van der Waals surface area contributed by atoms with Crippen LogP contribution in [0.3, 0.4) is 0 Å². The number of rotatable bonds is 5. The highest BCUT2D eigenvalue weighted by atomic mass is 32.2. The van der Waals surface area contributed by atoms with E-state index in [1.807, 2.05) is 6.92 Å². The predicted molar refractivity (Wildman–Crippen MR) is 63.0 cm³/mol. The first kappa shape index (κ1) is 14.4. The molecule has 3 unspecified atom stereocenters. The Hall–Kier alpha value is -0.620. The van der Waals surface area contributed by atoms with Gasteiger partial charge in [0.1, 0.15) is 0 Å². The molecule has 1 aliphatic rings. The fraction of sp³-hybridized carbons (Fsp3) is 0.909. The smallest absolute Gasteiger partial charge is 0.309 e. The Balaban J connectivity index is 2.65. The lowest BCUT2D eigenvalue weighted by Gasteiger charge is -2.15. The van der Waals surface area contributed by atoms with Crippen LogP contribution in [0.1, 0.15) is 33.1 Å². The van der Waals surface area contributed by atoms with Gasteiger partial charge in [0.25, 0.3) is 10.1 Å². The van der Waals surface area contributed by atoms with Crippen molar-refractivity contribution in [1.29, 1.82) is 0 Å². The number of ether oxygens (including phenoxy) is 1. The summed E-state index contributed by atoms with van der Waals surface area (Å²) in [6.45, 7) is 4.07. The Bertz CT molecular complexity index is 362. The van der Waals surface area contributed by atoms with Gasteiger partial charge in [0.05, 0.1) is 18.3 Å². The van der Waals surface area contributed by atoms with Gasteiger partial charge in [-0.2, -0.15) is 8.42 Å². The first-order valence-electron chi connectivity index (χ1n) is 5.99. The van der Waals surface area contributed by atoms with Crippen molar-refractivity contribution in [2.24, 2.45) is 17.8 Å². The van der Waals surface area contributed by atoms with Crippen LogP contribution in [0.4, 0.5) is 0 Å². The van der Waals surface area contributed by atoms with E-state index in [4.69, 9.17) is 9.29 Å². The molecular formula is C11H20O5S. The summed E-state index contributed by atoms with van der Waals surface area (Å²) < 4.78 is 35.5. The molecule has 0 aromatic carbocycles. The molecule has 0 aliphatic heterocycles. The third-order valence-corrected chi connectivity index (χ3v) is 4.25. The largest absolute Gasteiger partial charge is 0.466 e. The number of hydrogen-bond acceptors (Lipinski definition) is 4. The van der Waals surface area contributed by atoms with Crippen molar-refractivity contribution in [3.05, 3.63) is 0 Å². The molecule has 100 valence electrons. The summed E-state index contributed by atoms with van der Waals surface area (Å²) in [5.41, 5.74) is 0. The number of hydrogen-bond donors (Lipinski definition) is 1. The maximum absolute atomic E-state index is 11.7. The van der Waals surface area contributed by atoms with E-state index in [9.17, 15) is 13.2 Å². The van der Waals surface area contributed by atoms with Gasteiger partial charge in [-0.3, -0.25) is 9.35 Å². The first-order chi connectivity index (χ1) is 7.87. The second-order valence-electron chi connectivity index (χ2n) is 4.61. The summed E-state index contributed by atoms with van der Waals surface area (Å²) >= 11 is 0.